The molecule has 3 atom stereocenters. The number of esters is 1. The van der Waals surface area contributed by atoms with Crippen molar-refractivity contribution in [3.8, 4) is 0 Å². The molecule has 1 saturated heterocycles. The molecular weight excluding hydrogens is 366 g/mol. The molecule has 5 heteroatoms. The molecule has 29 heavy (non-hydrogen) atoms. The van der Waals surface area contributed by atoms with Gasteiger partial charge in [0.25, 0.3) is 0 Å². The fourth-order valence-electron chi connectivity index (χ4n) is 4.00. The Balaban J connectivity index is 1.83. The zero-order valence-electron chi connectivity index (χ0n) is 19.2. The first-order valence-electron chi connectivity index (χ1n) is 12.3. The van der Waals surface area contributed by atoms with Crippen LogP contribution in [0, 0.1) is 0 Å². The van der Waals surface area contributed by atoms with Crippen LogP contribution < -0.4 is 5.73 Å². The number of unbranched alkanes of at least 4 members (excludes halogenated alkanes) is 13. The fraction of sp³-hybridized carbons (Fsp3) is 0.958. The smallest absolute Gasteiger partial charge is 0.325 e. The van der Waals surface area contributed by atoms with Crippen molar-refractivity contribution in [1.82, 2.24) is 0 Å². The van der Waals surface area contributed by atoms with Crippen molar-refractivity contribution in [2.24, 2.45) is 5.73 Å². The Morgan fingerprint density at radius 3 is 1.93 bits per heavy atom. The lowest BCUT2D eigenvalue weighted by Gasteiger charge is -2.16. The number of rotatable bonds is 19. The van der Waals surface area contributed by atoms with Crippen LogP contribution in [0.1, 0.15) is 116 Å². The van der Waals surface area contributed by atoms with Crippen molar-refractivity contribution in [2.75, 3.05) is 13.7 Å². The Bertz CT molecular complexity index is 391. The highest BCUT2D eigenvalue weighted by atomic mass is 16.7. The Hall–Kier alpha value is -0.650. The van der Waals surface area contributed by atoms with Gasteiger partial charge < -0.3 is 19.9 Å². The summed E-state index contributed by atoms with van der Waals surface area (Å²) in [5.74, 6) is -0.443. The maximum absolute atomic E-state index is 11.3. The Labute approximate surface area is 179 Å². The van der Waals surface area contributed by atoms with Gasteiger partial charge in [-0.1, -0.05) is 96.8 Å². The highest BCUT2D eigenvalue weighted by molar-refractivity contribution is 5.75. The van der Waals surface area contributed by atoms with E-state index < -0.39 is 12.0 Å². The molecule has 5 nitrogen and oxygen atoms in total. The molecule has 1 aliphatic rings. The van der Waals surface area contributed by atoms with Crippen molar-refractivity contribution in [3.05, 3.63) is 0 Å². The van der Waals surface area contributed by atoms with Crippen LogP contribution >= 0.6 is 0 Å². The lowest BCUT2D eigenvalue weighted by molar-refractivity contribution is -0.155. The van der Waals surface area contributed by atoms with Crippen LogP contribution in [0.3, 0.4) is 0 Å². The number of methoxy groups -OCH3 is 1. The minimum absolute atomic E-state index is 0.156. The van der Waals surface area contributed by atoms with Crippen LogP contribution in [-0.4, -0.2) is 38.1 Å². The molecule has 0 aromatic heterocycles. The number of hydrogen-bond acceptors (Lipinski definition) is 5. The minimum atomic E-state index is -0.728. The predicted octanol–water partition coefficient (Wildman–Crippen LogP) is 5.88. The molecule has 0 aromatic carbocycles. The summed E-state index contributed by atoms with van der Waals surface area (Å²) in [6.45, 7) is 2.43. The molecule has 0 aromatic rings. The molecule has 172 valence electrons. The summed E-state index contributed by atoms with van der Waals surface area (Å²) in [5.41, 5.74) is 5.68. The normalized spacial score (nSPS) is 20.1. The molecule has 1 heterocycles. The van der Waals surface area contributed by atoms with E-state index >= 15 is 0 Å². The molecule has 0 aliphatic carbocycles. The monoisotopic (exact) mass is 413 g/mol. The summed E-state index contributed by atoms with van der Waals surface area (Å²) < 4.78 is 16.1. The van der Waals surface area contributed by atoms with E-state index in [-0.39, 0.29) is 12.9 Å². The van der Waals surface area contributed by atoms with Crippen LogP contribution in [0.2, 0.25) is 0 Å². The first kappa shape index (κ1) is 26.4. The molecular formula is C24H47NO4. The van der Waals surface area contributed by atoms with Crippen LogP contribution in [0.15, 0.2) is 0 Å². The number of carbonyl (C=O) groups excluding carboxylic acids is 1. The van der Waals surface area contributed by atoms with Gasteiger partial charge in [-0.25, -0.2) is 0 Å². The highest BCUT2D eigenvalue weighted by Gasteiger charge is 2.26. The van der Waals surface area contributed by atoms with Gasteiger partial charge in [0.2, 0.25) is 0 Å². The third-order valence-electron chi connectivity index (χ3n) is 5.91. The quantitative estimate of drug-likeness (QED) is 0.211. The topological polar surface area (TPSA) is 70.8 Å². The number of nitrogens with two attached hydrogens (primary N) is 1. The molecule has 0 spiro atoms. The Morgan fingerprint density at radius 1 is 0.897 bits per heavy atom. The van der Waals surface area contributed by atoms with Gasteiger partial charge in [-0.15, -0.1) is 0 Å². The number of hydrogen-bond donors (Lipinski definition) is 1. The van der Waals surface area contributed by atoms with E-state index in [9.17, 15) is 4.79 Å². The van der Waals surface area contributed by atoms with Gasteiger partial charge in [0.05, 0.1) is 19.8 Å². The second kappa shape index (κ2) is 18.1. The van der Waals surface area contributed by atoms with Crippen molar-refractivity contribution in [1.29, 1.82) is 0 Å². The molecule has 0 bridgehead atoms. The van der Waals surface area contributed by atoms with Crippen LogP contribution in [0.25, 0.3) is 0 Å². The van der Waals surface area contributed by atoms with Crippen molar-refractivity contribution in [3.63, 3.8) is 0 Å². The summed E-state index contributed by atoms with van der Waals surface area (Å²) in [7, 11) is 1.33. The SMILES string of the molecule is CCCCCCCCCCCCCCCCC1CCC(OCC(N)C(=O)OC)O1. The second-order valence-corrected chi connectivity index (χ2v) is 8.61. The van der Waals surface area contributed by atoms with Crippen LogP contribution in [-0.2, 0) is 19.0 Å². The zero-order chi connectivity index (χ0) is 21.2. The molecule has 0 radical (unpaired) electrons. The average Bonchev–Trinajstić information content (AvgIpc) is 3.19. The largest absolute Gasteiger partial charge is 0.468 e. The fourth-order valence-corrected chi connectivity index (χ4v) is 4.00. The van der Waals surface area contributed by atoms with Crippen molar-refractivity contribution >= 4 is 5.97 Å². The highest BCUT2D eigenvalue weighted by Crippen LogP contribution is 2.25. The Morgan fingerprint density at radius 2 is 1.41 bits per heavy atom. The number of ether oxygens (including phenoxy) is 3. The molecule has 1 fully saturated rings. The maximum Gasteiger partial charge on any atom is 0.325 e. The summed E-state index contributed by atoms with van der Waals surface area (Å²) in [6, 6.07) is -0.728. The summed E-state index contributed by atoms with van der Waals surface area (Å²) in [4.78, 5) is 11.3. The van der Waals surface area contributed by atoms with E-state index in [4.69, 9.17) is 15.2 Å². The third-order valence-corrected chi connectivity index (χ3v) is 5.91. The van der Waals surface area contributed by atoms with Gasteiger partial charge in [0, 0.05) is 6.42 Å². The van der Waals surface area contributed by atoms with Gasteiger partial charge in [-0.3, -0.25) is 4.79 Å². The maximum atomic E-state index is 11.3. The zero-order valence-corrected chi connectivity index (χ0v) is 19.2. The first-order valence-corrected chi connectivity index (χ1v) is 12.3. The second-order valence-electron chi connectivity index (χ2n) is 8.61. The summed E-state index contributed by atoms with van der Waals surface area (Å²) >= 11 is 0. The van der Waals surface area contributed by atoms with Crippen LogP contribution in [0.4, 0.5) is 0 Å². The van der Waals surface area contributed by atoms with Crippen molar-refractivity contribution in [2.45, 2.75) is 135 Å². The van der Waals surface area contributed by atoms with E-state index in [1.54, 1.807) is 0 Å². The van der Waals surface area contributed by atoms with Gasteiger partial charge in [0.1, 0.15) is 6.04 Å². The minimum Gasteiger partial charge on any atom is -0.468 e. The average molecular weight is 414 g/mol. The van der Waals surface area contributed by atoms with Gasteiger partial charge in [-0.2, -0.15) is 0 Å². The number of carbonyl (C=O) groups is 1. The van der Waals surface area contributed by atoms with E-state index in [1.165, 1.54) is 97.0 Å². The third kappa shape index (κ3) is 14.1. The lowest BCUT2D eigenvalue weighted by atomic mass is 10.0. The summed E-state index contributed by atoms with van der Waals surface area (Å²) in [6.07, 6.45) is 22.5. The van der Waals surface area contributed by atoms with E-state index in [2.05, 4.69) is 11.7 Å². The molecule has 1 rings (SSSR count). The molecule has 0 amide bonds. The molecule has 1 aliphatic heterocycles. The standard InChI is InChI=1S/C24H47NO4/c1-3-4-5-6-7-8-9-10-11-12-13-14-15-16-17-21-18-19-23(29-21)28-20-22(25)24(26)27-2/h21-23H,3-20,25H2,1-2H3. The summed E-state index contributed by atoms with van der Waals surface area (Å²) in [5, 5.41) is 0. The van der Waals surface area contributed by atoms with Crippen molar-refractivity contribution < 1.29 is 19.0 Å². The first-order chi connectivity index (χ1) is 14.2. The Kier molecular flexibility index (Phi) is 16.5. The molecule has 3 unspecified atom stereocenters. The van der Waals surface area contributed by atoms with E-state index in [0.717, 1.165) is 19.3 Å². The predicted molar refractivity (Wildman–Crippen MR) is 119 cm³/mol. The lowest BCUT2D eigenvalue weighted by Crippen LogP contribution is -2.37. The van der Waals surface area contributed by atoms with E-state index in [1.807, 2.05) is 0 Å². The molecule has 2 N–H and O–H groups in total. The van der Waals surface area contributed by atoms with E-state index in [0.29, 0.717) is 6.10 Å². The van der Waals surface area contributed by atoms with Crippen LogP contribution in [0.5, 0.6) is 0 Å². The van der Waals surface area contributed by atoms with Gasteiger partial charge >= 0.3 is 5.97 Å². The molecule has 0 saturated carbocycles. The van der Waals surface area contributed by atoms with Gasteiger partial charge in [-0.05, 0) is 12.8 Å². The van der Waals surface area contributed by atoms with Gasteiger partial charge in [0.15, 0.2) is 6.29 Å².